The van der Waals surface area contributed by atoms with Crippen molar-refractivity contribution in [3.8, 4) is 5.75 Å². The number of aromatic hydroxyl groups is 1. The molecule has 2 atom stereocenters. The molecule has 4 nitrogen and oxygen atoms in total. The van der Waals surface area contributed by atoms with Gasteiger partial charge in [0.25, 0.3) is 0 Å². The number of hydrogen-bond donors (Lipinski definition) is 4. The number of nitrogens with two attached hydrogens (primary N) is 1. The molecule has 0 saturated heterocycles. The summed E-state index contributed by atoms with van der Waals surface area (Å²) in [6.07, 6.45) is -2.35. The number of aliphatic hydroxyl groups excluding tert-OH is 2. The third-order valence-corrected chi connectivity index (χ3v) is 2.26. The van der Waals surface area contributed by atoms with Gasteiger partial charge in [-0.3, -0.25) is 0 Å². The van der Waals surface area contributed by atoms with Crippen molar-refractivity contribution in [2.75, 3.05) is 11.6 Å². The van der Waals surface area contributed by atoms with Gasteiger partial charge in [0.1, 0.15) is 11.9 Å². The predicted molar refractivity (Wildman–Crippen MR) is 54.2 cm³/mol. The molecule has 1 rings (SSSR count). The standard InChI is InChI=1S/C9H12ClNO3/c10-4-7(12)9(14)5-2-1-3-6(11)8(5)13/h1-3,7,9,12-14H,4,11H2. The molecule has 5 N–H and O–H groups in total. The summed E-state index contributed by atoms with van der Waals surface area (Å²) >= 11 is 5.37. The first kappa shape index (κ1) is 11.1. The normalized spacial score (nSPS) is 15.1. The van der Waals surface area contributed by atoms with Crippen LogP contribution in [0.4, 0.5) is 5.69 Å². The van der Waals surface area contributed by atoms with E-state index in [0.717, 1.165) is 0 Å². The maximum absolute atomic E-state index is 9.54. The molecule has 1 aromatic rings. The Balaban J connectivity index is 3.01. The number of aliphatic hydroxyl groups is 2. The van der Waals surface area contributed by atoms with Crippen LogP contribution in [0.15, 0.2) is 18.2 Å². The zero-order valence-corrected chi connectivity index (χ0v) is 8.15. The smallest absolute Gasteiger partial charge is 0.144 e. The number of para-hydroxylation sites is 1. The average Bonchev–Trinajstić information content (AvgIpc) is 2.20. The lowest BCUT2D eigenvalue weighted by atomic mass is 10.0. The van der Waals surface area contributed by atoms with Gasteiger partial charge < -0.3 is 21.1 Å². The molecule has 0 fully saturated rings. The van der Waals surface area contributed by atoms with Crippen molar-refractivity contribution < 1.29 is 15.3 Å². The fraction of sp³-hybridized carbons (Fsp3) is 0.333. The molecule has 78 valence electrons. The number of rotatable bonds is 3. The first-order valence-corrected chi connectivity index (χ1v) is 4.60. The van der Waals surface area contributed by atoms with Crippen LogP contribution >= 0.6 is 11.6 Å². The fourth-order valence-corrected chi connectivity index (χ4v) is 1.28. The summed E-state index contributed by atoms with van der Waals surface area (Å²) in [6, 6.07) is 4.55. The molecular weight excluding hydrogens is 206 g/mol. The maximum atomic E-state index is 9.54. The van der Waals surface area contributed by atoms with Crippen LogP contribution in [0.5, 0.6) is 5.75 Å². The Morgan fingerprint density at radius 2 is 2.00 bits per heavy atom. The van der Waals surface area contributed by atoms with Gasteiger partial charge in [0.2, 0.25) is 0 Å². The van der Waals surface area contributed by atoms with Gasteiger partial charge in [-0.15, -0.1) is 11.6 Å². The minimum absolute atomic E-state index is 0.116. The summed E-state index contributed by atoms with van der Waals surface area (Å²) in [5, 5.41) is 28.3. The van der Waals surface area contributed by atoms with Gasteiger partial charge >= 0.3 is 0 Å². The van der Waals surface area contributed by atoms with Gasteiger partial charge in [-0.1, -0.05) is 12.1 Å². The average molecular weight is 218 g/mol. The van der Waals surface area contributed by atoms with Crippen molar-refractivity contribution in [3.63, 3.8) is 0 Å². The molecule has 0 aliphatic rings. The summed E-state index contributed by atoms with van der Waals surface area (Å²) in [4.78, 5) is 0. The van der Waals surface area contributed by atoms with Crippen LogP contribution in [0.25, 0.3) is 0 Å². The van der Waals surface area contributed by atoms with Crippen LogP contribution < -0.4 is 5.73 Å². The summed E-state index contributed by atoms with van der Waals surface area (Å²) in [6.45, 7) is 0. The van der Waals surface area contributed by atoms with E-state index in [0.29, 0.717) is 0 Å². The molecule has 0 aliphatic carbocycles. The van der Waals surface area contributed by atoms with E-state index >= 15 is 0 Å². The molecule has 0 radical (unpaired) electrons. The molecule has 0 aliphatic heterocycles. The molecule has 0 spiro atoms. The van der Waals surface area contributed by atoms with E-state index in [-0.39, 0.29) is 22.9 Å². The predicted octanol–water partition coefficient (Wildman–Crippen LogP) is 0.607. The van der Waals surface area contributed by atoms with Crippen LogP contribution in [0, 0.1) is 0 Å². The van der Waals surface area contributed by atoms with Gasteiger partial charge in [-0.2, -0.15) is 0 Å². The Kier molecular flexibility index (Phi) is 3.57. The SMILES string of the molecule is Nc1cccc(C(O)C(O)CCl)c1O. The molecule has 0 heterocycles. The van der Waals surface area contributed by atoms with Crippen molar-refractivity contribution in [3.05, 3.63) is 23.8 Å². The number of hydrogen-bond acceptors (Lipinski definition) is 4. The number of anilines is 1. The quantitative estimate of drug-likeness (QED) is 0.339. The zero-order valence-electron chi connectivity index (χ0n) is 7.39. The van der Waals surface area contributed by atoms with Crippen molar-refractivity contribution in [2.45, 2.75) is 12.2 Å². The Labute approximate surface area is 86.6 Å². The van der Waals surface area contributed by atoms with Gasteiger partial charge in [0.15, 0.2) is 0 Å². The van der Waals surface area contributed by atoms with E-state index < -0.39 is 12.2 Å². The second-order valence-corrected chi connectivity index (χ2v) is 3.26. The first-order valence-electron chi connectivity index (χ1n) is 4.07. The summed E-state index contributed by atoms with van der Waals surface area (Å²) in [7, 11) is 0. The number of nitrogen functional groups attached to an aromatic ring is 1. The van der Waals surface area contributed by atoms with Gasteiger partial charge in [-0.05, 0) is 6.07 Å². The van der Waals surface area contributed by atoms with Gasteiger partial charge in [0, 0.05) is 5.56 Å². The van der Waals surface area contributed by atoms with E-state index in [2.05, 4.69) is 0 Å². The van der Waals surface area contributed by atoms with Crippen molar-refractivity contribution in [2.24, 2.45) is 0 Å². The Bertz CT molecular complexity index is 319. The third kappa shape index (κ3) is 2.09. The minimum atomic E-state index is -1.23. The minimum Gasteiger partial charge on any atom is -0.505 e. The summed E-state index contributed by atoms with van der Waals surface area (Å²) in [5.74, 6) is -0.334. The van der Waals surface area contributed by atoms with Crippen LogP contribution in [0.1, 0.15) is 11.7 Å². The summed E-state index contributed by atoms with van der Waals surface area (Å²) < 4.78 is 0. The van der Waals surface area contributed by atoms with Crippen LogP contribution in [-0.4, -0.2) is 27.3 Å². The van der Waals surface area contributed by atoms with E-state index in [1.165, 1.54) is 12.1 Å². The third-order valence-electron chi connectivity index (χ3n) is 1.94. The van der Waals surface area contributed by atoms with Crippen molar-refractivity contribution in [1.82, 2.24) is 0 Å². The number of alkyl halides is 1. The Hall–Kier alpha value is -0.970. The van der Waals surface area contributed by atoms with E-state index in [4.69, 9.17) is 17.3 Å². The number of phenolic OH excluding ortho intramolecular Hbond substituents is 1. The summed E-state index contributed by atoms with van der Waals surface area (Å²) in [5.41, 5.74) is 5.76. The van der Waals surface area contributed by atoms with Crippen molar-refractivity contribution >= 4 is 17.3 Å². The molecule has 0 amide bonds. The number of halogens is 1. The number of phenols is 1. The zero-order chi connectivity index (χ0) is 10.7. The van der Waals surface area contributed by atoms with E-state index in [1.54, 1.807) is 6.07 Å². The van der Waals surface area contributed by atoms with Gasteiger partial charge in [-0.25, -0.2) is 0 Å². The fourth-order valence-electron chi connectivity index (χ4n) is 1.11. The monoisotopic (exact) mass is 217 g/mol. The molecule has 0 bridgehead atoms. The van der Waals surface area contributed by atoms with E-state index in [1.807, 2.05) is 0 Å². The molecule has 0 saturated carbocycles. The highest BCUT2D eigenvalue weighted by atomic mass is 35.5. The molecule has 14 heavy (non-hydrogen) atoms. The first-order chi connectivity index (χ1) is 6.57. The highest BCUT2D eigenvalue weighted by Gasteiger charge is 2.21. The van der Waals surface area contributed by atoms with E-state index in [9.17, 15) is 15.3 Å². The van der Waals surface area contributed by atoms with Crippen LogP contribution in [-0.2, 0) is 0 Å². The lowest BCUT2D eigenvalue weighted by Crippen LogP contribution is -2.19. The number of benzene rings is 1. The highest BCUT2D eigenvalue weighted by Crippen LogP contribution is 2.31. The topological polar surface area (TPSA) is 86.7 Å². The second-order valence-electron chi connectivity index (χ2n) is 2.95. The Morgan fingerprint density at radius 1 is 1.36 bits per heavy atom. The Morgan fingerprint density at radius 3 is 2.57 bits per heavy atom. The lowest BCUT2D eigenvalue weighted by molar-refractivity contribution is 0.0313. The maximum Gasteiger partial charge on any atom is 0.144 e. The van der Waals surface area contributed by atoms with Crippen molar-refractivity contribution in [1.29, 1.82) is 0 Å². The van der Waals surface area contributed by atoms with Gasteiger partial charge in [0.05, 0.1) is 17.7 Å². The molecule has 1 aromatic carbocycles. The van der Waals surface area contributed by atoms with Crippen LogP contribution in [0.3, 0.4) is 0 Å². The largest absolute Gasteiger partial charge is 0.505 e. The molecular formula is C9H12ClNO3. The molecule has 2 unspecified atom stereocenters. The van der Waals surface area contributed by atoms with Crippen LogP contribution in [0.2, 0.25) is 0 Å². The lowest BCUT2D eigenvalue weighted by Gasteiger charge is -2.17. The molecule has 5 heteroatoms. The highest BCUT2D eigenvalue weighted by molar-refractivity contribution is 6.18. The second kappa shape index (κ2) is 4.50. The molecule has 0 aromatic heterocycles.